The number of amides is 1. The van der Waals surface area contributed by atoms with Crippen molar-refractivity contribution in [1.82, 2.24) is 0 Å². The highest BCUT2D eigenvalue weighted by molar-refractivity contribution is 5.95. The minimum Gasteiger partial charge on any atom is -0.449 e. The van der Waals surface area contributed by atoms with Crippen molar-refractivity contribution >= 4 is 17.6 Å². The van der Waals surface area contributed by atoms with Gasteiger partial charge in [-0.05, 0) is 37.5 Å². The fourth-order valence-electron chi connectivity index (χ4n) is 1.60. The highest BCUT2D eigenvalue weighted by atomic mass is 16.5. The fourth-order valence-corrected chi connectivity index (χ4v) is 1.60. The van der Waals surface area contributed by atoms with Gasteiger partial charge in [-0.2, -0.15) is 0 Å². The molecule has 0 saturated heterocycles. The van der Waals surface area contributed by atoms with Gasteiger partial charge < -0.3 is 10.1 Å². The van der Waals surface area contributed by atoms with E-state index in [9.17, 15) is 9.59 Å². The van der Waals surface area contributed by atoms with Crippen LogP contribution in [0.3, 0.4) is 0 Å². The molecule has 0 unspecified atom stereocenters. The Morgan fingerprint density at radius 2 is 1.75 bits per heavy atom. The normalized spacial score (nSPS) is 12.4. The van der Waals surface area contributed by atoms with Gasteiger partial charge in [-0.3, -0.25) is 4.79 Å². The Labute approximate surface area is 119 Å². The summed E-state index contributed by atoms with van der Waals surface area (Å²) in [5.74, 6) is -0.425. The van der Waals surface area contributed by atoms with Crippen LogP contribution in [-0.4, -0.2) is 18.0 Å². The fraction of sp³-hybridized carbons (Fsp3) is 0.375. The molecule has 0 radical (unpaired) electrons. The summed E-state index contributed by atoms with van der Waals surface area (Å²) in [5.41, 5.74) is 1.89. The lowest BCUT2D eigenvalue weighted by atomic mass is 10.0. The van der Waals surface area contributed by atoms with Crippen LogP contribution in [0.25, 0.3) is 0 Å². The molecular weight excluding hydrogens is 254 g/mol. The summed E-state index contributed by atoms with van der Waals surface area (Å²) in [5, 5.41) is 2.72. The monoisotopic (exact) mass is 275 g/mol. The zero-order valence-electron chi connectivity index (χ0n) is 12.3. The van der Waals surface area contributed by atoms with E-state index < -0.39 is 12.1 Å². The van der Waals surface area contributed by atoms with Crippen LogP contribution in [-0.2, 0) is 14.3 Å². The van der Waals surface area contributed by atoms with E-state index in [0.717, 1.165) is 0 Å². The molecule has 0 fully saturated rings. The van der Waals surface area contributed by atoms with Crippen LogP contribution in [0.2, 0.25) is 0 Å². The quantitative estimate of drug-likeness (QED) is 0.663. The van der Waals surface area contributed by atoms with Crippen LogP contribution in [0.4, 0.5) is 5.69 Å². The highest BCUT2D eigenvalue weighted by Gasteiger charge is 2.16. The number of anilines is 1. The molecule has 0 saturated carbocycles. The summed E-state index contributed by atoms with van der Waals surface area (Å²) in [4.78, 5) is 23.1. The number of carbonyl (C=O) groups excluding carboxylic acids is 2. The molecule has 0 aliphatic heterocycles. The molecule has 0 heterocycles. The number of hydrogen-bond donors (Lipinski definition) is 1. The van der Waals surface area contributed by atoms with Gasteiger partial charge >= 0.3 is 5.97 Å². The maximum atomic E-state index is 11.9. The van der Waals surface area contributed by atoms with Gasteiger partial charge in [0.25, 0.3) is 5.91 Å². The third-order valence-corrected chi connectivity index (χ3v) is 2.81. The minimum atomic E-state index is -0.830. The Kier molecular flexibility index (Phi) is 5.97. The summed E-state index contributed by atoms with van der Waals surface area (Å²) in [7, 11) is 0. The average molecular weight is 275 g/mol. The average Bonchev–Trinajstić information content (AvgIpc) is 2.39. The highest BCUT2D eigenvalue weighted by Crippen LogP contribution is 2.17. The topological polar surface area (TPSA) is 55.4 Å². The molecule has 0 spiro atoms. The van der Waals surface area contributed by atoms with E-state index in [1.807, 2.05) is 24.3 Å². The van der Waals surface area contributed by atoms with E-state index in [0.29, 0.717) is 11.6 Å². The van der Waals surface area contributed by atoms with E-state index in [4.69, 9.17) is 4.74 Å². The van der Waals surface area contributed by atoms with Gasteiger partial charge in [0.2, 0.25) is 0 Å². The summed E-state index contributed by atoms with van der Waals surface area (Å²) >= 11 is 0. The summed E-state index contributed by atoms with van der Waals surface area (Å²) < 4.78 is 4.95. The first-order valence-corrected chi connectivity index (χ1v) is 6.68. The molecule has 1 N–H and O–H groups in total. The Balaban J connectivity index is 2.59. The molecule has 1 aromatic carbocycles. The van der Waals surface area contributed by atoms with Gasteiger partial charge in [0.15, 0.2) is 6.10 Å². The Morgan fingerprint density at radius 3 is 2.25 bits per heavy atom. The third kappa shape index (κ3) is 4.88. The maximum Gasteiger partial charge on any atom is 0.331 e. The first kappa shape index (κ1) is 16.0. The second kappa shape index (κ2) is 7.48. The summed E-state index contributed by atoms with van der Waals surface area (Å²) in [6.45, 7) is 7.47. The van der Waals surface area contributed by atoms with Crippen molar-refractivity contribution in [3.05, 3.63) is 42.0 Å². The van der Waals surface area contributed by atoms with E-state index in [1.165, 1.54) is 11.6 Å². The zero-order valence-corrected chi connectivity index (χ0v) is 12.3. The number of carbonyl (C=O) groups is 2. The SMILES string of the molecule is C/C=C/C(=O)O[C@@H](C)C(=O)Nc1ccc(C(C)C)cc1. The predicted octanol–water partition coefficient (Wildman–Crippen LogP) is 3.26. The van der Waals surface area contributed by atoms with E-state index >= 15 is 0 Å². The molecule has 0 bridgehead atoms. The van der Waals surface area contributed by atoms with E-state index in [1.54, 1.807) is 19.9 Å². The van der Waals surface area contributed by atoms with Crippen LogP contribution < -0.4 is 5.32 Å². The van der Waals surface area contributed by atoms with Gasteiger partial charge in [0, 0.05) is 11.8 Å². The van der Waals surface area contributed by atoms with Gasteiger partial charge in [-0.1, -0.05) is 32.1 Å². The lowest BCUT2D eigenvalue weighted by Gasteiger charge is -2.13. The van der Waals surface area contributed by atoms with Crippen LogP contribution in [0.1, 0.15) is 39.2 Å². The maximum absolute atomic E-state index is 11.9. The molecule has 0 aromatic heterocycles. The minimum absolute atomic E-state index is 0.347. The first-order chi connectivity index (χ1) is 9.43. The van der Waals surface area contributed by atoms with E-state index in [-0.39, 0.29) is 5.91 Å². The number of nitrogens with one attached hydrogen (secondary N) is 1. The smallest absolute Gasteiger partial charge is 0.331 e. The van der Waals surface area contributed by atoms with Crippen LogP contribution in [0.5, 0.6) is 0 Å². The molecule has 20 heavy (non-hydrogen) atoms. The molecule has 1 amide bonds. The largest absolute Gasteiger partial charge is 0.449 e. The standard InChI is InChI=1S/C16H21NO3/c1-5-6-15(18)20-12(4)16(19)17-14-9-7-13(8-10-14)11(2)3/h5-12H,1-4H3,(H,17,19)/b6-5+/t12-/m0/s1. The Bertz CT molecular complexity index is 489. The van der Waals surface area contributed by atoms with Crippen molar-refractivity contribution in [3.8, 4) is 0 Å². The second-order valence-electron chi connectivity index (χ2n) is 4.85. The molecule has 0 aliphatic rings. The number of allylic oxidation sites excluding steroid dienone is 1. The first-order valence-electron chi connectivity index (χ1n) is 6.68. The summed E-state index contributed by atoms with van der Waals surface area (Å²) in [6.07, 6.45) is 2.02. The molecule has 0 aliphatic carbocycles. The van der Waals surface area contributed by atoms with Gasteiger partial charge in [-0.15, -0.1) is 0 Å². The number of ether oxygens (including phenoxy) is 1. The van der Waals surface area contributed by atoms with Crippen molar-refractivity contribution in [1.29, 1.82) is 0 Å². The molecule has 1 aromatic rings. The molecule has 4 nitrogen and oxygen atoms in total. The molecule has 4 heteroatoms. The summed E-state index contributed by atoms with van der Waals surface area (Å²) in [6, 6.07) is 7.62. The lowest BCUT2D eigenvalue weighted by Crippen LogP contribution is -2.29. The van der Waals surface area contributed by atoms with Crippen molar-refractivity contribution in [3.63, 3.8) is 0 Å². The van der Waals surface area contributed by atoms with Gasteiger partial charge in [0.05, 0.1) is 0 Å². The molecule has 108 valence electrons. The second-order valence-corrected chi connectivity index (χ2v) is 4.85. The van der Waals surface area contributed by atoms with Crippen LogP contribution >= 0.6 is 0 Å². The Hall–Kier alpha value is -2.10. The van der Waals surface area contributed by atoms with Gasteiger partial charge in [0.1, 0.15) is 0 Å². The van der Waals surface area contributed by atoms with Gasteiger partial charge in [-0.25, -0.2) is 4.79 Å². The number of hydrogen-bond acceptors (Lipinski definition) is 3. The zero-order chi connectivity index (χ0) is 15.1. The Morgan fingerprint density at radius 1 is 1.15 bits per heavy atom. The number of benzene rings is 1. The third-order valence-electron chi connectivity index (χ3n) is 2.81. The molecular formula is C16H21NO3. The lowest BCUT2D eigenvalue weighted by molar-refractivity contribution is -0.148. The predicted molar refractivity (Wildman–Crippen MR) is 79.5 cm³/mol. The number of esters is 1. The number of rotatable bonds is 5. The van der Waals surface area contributed by atoms with Crippen molar-refractivity contribution in [2.45, 2.75) is 39.7 Å². The van der Waals surface area contributed by atoms with Crippen molar-refractivity contribution < 1.29 is 14.3 Å². The van der Waals surface area contributed by atoms with Crippen molar-refractivity contribution in [2.24, 2.45) is 0 Å². The van der Waals surface area contributed by atoms with Crippen LogP contribution in [0.15, 0.2) is 36.4 Å². The van der Waals surface area contributed by atoms with E-state index in [2.05, 4.69) is 19.2 Å². The van der Waals surface area contributed by atoms with Crippen LogP contribution in [0, 0.1) is 0 Å². The molecule has 1 atom stereocenters. The van der Waals surface area contributed by atoms with Crippen molar-refractivity contribution in [2.75, 3.05) is 5.32 Å². The molecule has 1 rings (SSSR count).